The molecule has 2 rings (SSSR count). The third kappa shape index (κ3) is 4.38. The Bertz CT molecular complexity index is 443. The maximum absolute atomic E-state index is 12.9. The molecule has 1 aromatic carbocycles. The number of anilines is 1. The van der Waals surface area contributed by atoms with Gasteiger partial charge in [0, 0.05) is 16.7 Å². The molecule has 1 aliphatic rings. The van der Waals surface area contributed by atoms with Gasteiger partial charge in [0.2, 0.25) is 0 Å². The summed E-state index contributed by atoms with van der Waals surface area (Å²) in [7, 11) is 0. The normalized spacial score (nSPS) is 16.6. The zero-order chi connectivity index (χ0) is 14.6. The van der Waals surface area contributed by atoms with E-state index in [1.54, 1.807) is 0 Å². The van der Waals surface area contributed by atoms with Gasteiger partial charge >= 0.3 is 6.18 Å². The van der Waals surface area contributed by atoms with Crippen molar-refractivity contribution in [2.75, 3.05) is 31.5 Å². The van der Waals surface area contributed by atoms with Crippen molar-refractivity contribution in [3.05, 3.63) is 28.2 Å². The number of halogens is 4. The summed E-state index contributed by atoms with van der Waals surface area (Å²) in [4.78, 5) is 2.35. The minimum Gasteiger partial charge on any atom is -0.384 e. The number of nitrogens with zero attached hydrogens (tertiary/aromatic N) is 1. The Balaban J connectivity index is 1.89. The lowest BCUT2D eigenvalue weighted by Crippen LogP contribution is -2.22. The van der Waals surface area contributed by atoms with Crippen molar-refractivity contribution in [3.63, 3.8) is 0 Å². The summed E-state index contributed by atoms with van der Waals surface area (Å²) in [6, 6.07) is 4.00. The highest BCUT2D eigenvalue weighted by Gasteiger charge is 2.33. The van der Waals surface area contributed by atoms with Gasteiger partial charge in [0.25, 0.3) is 0 Å². The molecule has 2 nitrogen and oxygen atoms in total. The monoisotopic (exact) mass is 350 g/mol. The molecule has 1 fully saturated rings. The van der Waals surface area contributed by atoms with E-state index in [9.17, 15) is 13.2 Å². The van der Waals surface area contributed by atoms with Crippen molar-refractivity contribution in [2.45, 2.75) is 25.4 Å². The summed E-state index contributed by atoms with van der Waals surface area (Å²) >= 11 is 3.21. The van der Waals surface area contributed by atoms with Crippen LogP contribution in [0.15, 0.2) is 22.7 Å². The van der Waals surface area contributed by atoms with Crippen LogP contribution in [0.25, 0.3) is 0 Å². The second-order valence-corrected chi connectivity index (χ2v) is 5.93. The van der Waals surface area contributed by atoms with Crippen molar-refractivity contribution in [1.29, 1.82) is 0 Å². The number of hydrogen-bond donors (Lipinski definition) is 1. The Hall–Kier alpha value is -0.750. The highest BCUT2D eigenvalue weighted by atomic mass is 79.9. The zero-order valence-electron chi connectivity index (χ0n) is 11.1. The van der Waals surface area contributed by atoms with E-state index in [-0.39, 0.29) is 5.69 Å². The fourth-order valence-corrected chi connectivity index (χ4v) is 2.80. The van der Waals surface area contributed by atoms with Crippen LogP contribution in [0.1, 0.15) is 24.8 Å². The van der Waals surface area contributed by atoms with Crippen LogP contribution in [0, 0.1) is 0 Å². The number of rotatable bonds is 5. The average molecular weight is 351 g/mol. The summed E-state index contributed by atoms with van der Waals surface area (Å²) in [5, 5.41) is 2.91. The fourth-order valence-electron chi connectivity index (χ4n) is 2.44. The van der Waals surface area contributed by atoms with E-state index in [2.05, 4.69) is 26.1 Å². The van der Waals surface area contributed by atoms with E-state index >= 15 is 0 Å². The van der Waals surface area contributed by atoms with Gasteiger partial charge in [-0.2, -0.15) is 13.2 Å². The first-order chi connectivity index (χ1) is 9.47. The van der Waals surface area contributed by atoms with Crippen molar-refractivity contribution in [2.24, 2.45) is 0 Å². The molecule has 0 amide bonds. The topological polar surface area (TPSA) is 15.3 Å². The van der Waals surface area contributed by atoms with E-state index in [4.69, 9.17) is 0 Å². The molecule has 1 heterocycles. The largest absolute Gasteiger partial charge is 0.418 e. The molecule has 20 heavy (non-hydrogen) atoms. The molecule has 1 aliphatic heterocycles. The summed E-state index contributed by atoms with van der Waals surface area (Å²) in [5.41, 5.74) is -0.463. The molecule has 0 atom stereocenters. The molecular formula is C14H18BrF3N2. The van der Waals surface area contributed by atoms with Crippen molar-refractivity contribution in [3.8, 4) is 0 Å². The zero-order valence-corrected chi connectivity index (χ0v) is 12.7. The van der Waals surface area contributed by atoms with Crippen LogP contribution in [-0.4, -0.2) is 31.1 Å². The number of nitrogens with one attached hydrogen (secondary N) is 1. The predicted octanol–water partition coefficient (Wildman–Crippen LogP) is 4.37. The molecule has 0 aromatic heterocycles. The fraction of sp³-hybridized carbons (Fsp3) is 0.571. The first-order valence-electron chi connectivity index (χ1n) is 6.80. The Kier molecular flexibility index (Phi) is 5.32. The standard InChI is InChI=1S/C14H18BrF3N2/c15-11-4-5-12(14(16,17)18)13(10-11)19-6-3-9-20-7-1-2-8-20/h4-5,10,19H,1-3,6-9H2. The predicted molar refractivity (Wildman–Crippen MR) is 77.9 cm³/mol. The molecule has 0 spiro atoms. The summed E-state index contributed by atoms with van der Waals surface area (Å²) < 4.78 is 39.3. The van der Waals surface area contributed by atoms with Gasteiger partial charge in [0.15, 0.2) is 0 Å². The third-order valence-corrected chi connectivity index (χ3v) is 3.95. The van der Waals surface area contributed by atoms with E-state index in [1.807, 2.05) is 0 Å². The van der Waals surface area contributed by atoms with E-state index in [0.29, 0.717) is 11.0 Å². The molecule has 112 valence electrons. The number of benzene rings is 1. The van der Waals surface area contributed by atoms with Gasteiger partial charge in [0.05, 0.1) is 5.56 Å². The van der Waals surface area contributed by atoms with Crippen molar-refractivity contribution >= 4 is 21.6 Å². The average Bonchev–Trinajstić information content (AvgIpc) is 2.86. The summed E-state index contributed by atoms with van der Waals surface area (Å²) in [6.07, 6.45) is -1.00. The molecule has 1 saturated heterocycles. The van der Waals surface area contributed by atoms with Gasteiger partial charge in [-0.25, -0.2) is 0 Å². The van der Waals surface area contributed by atoms with Gasteiger partial charge in [-0.15, -0.1) is 0 Å². The van der Waals surface area contributed by atoms with E-state index in [0.717, 1.165) is 32.1 Å². The van der Waals surface area contributed by atoms with E-state index in [1.165, 1.54) is 25.0 Å². The molecule has 0 unspecified atom stereocenters. The number of likely N-dealkylation sites (tertiary alicyclic amines) is 1. The van der Waals surface area contributed by atoms with Crippen LogP contribution in [0.4, 0.5) is 18.9 Å². The minimum absolute atomic E-state index is 0.147. The Morgan fingerprint density at radius 3 is 2.55 bits per heavy atom. The van der Waals surface area contributed by atoms with Gasteiger partial charge < -0.3 is 10.2 Å². The molecule has 0 bridgehead atoms. The molecule has 0 radical (unpaired) electrons. The molecular weight excluding hydrogens is 333 g/mol. The Labute approximate surface area is 125 Å². The number of alkyl halides is 3. The smallest absolute Gasteiger partial charge is 0.384 e. The maximum atomic E-state index is 12.9. The summed E-state index contributed by atoms with van der Waals surface area (Å²) in [6.45, 7) is 3.73. The quantitative estimate of drug-likeness (QED) is 0.793. The Morgan fingerprint density at radius 1 is 1.20 bits per heavy atom. The van der Waals surface area contributed by atoms with Crippen LogP contribution >= 0.6 is 15.9 Å². The number of hydrogen-bond acceptors (Lipinski definition) is 2. The van der Waals surface area contributed by atoms with Gasteiger partial charge in [-0.05, 0) is 57.1 Å². The van der Waals surface area contributed by atoms with Crippen LogP contribution < -0.4 is 5.32 Å². The van der Waals surface area contributed by atoms with Crippen LogP contribution in [0.2, 0.25) is 0 Å². The van der Waals surface area contributed by atoms with E-state index < -0.39 is 11.7 Å². The van der Waals surface area contributed by atoms with Crippen molar-refractivity contribution in [1.82, 2.24) is 4.90 Å². The molecule has 1 N–H and O–H groups in total. The second kappa shape index (κ2) is 6.80. The van der Waals surface area contributed by atoms with Gasteiger partial charge in [-0.3, -0.25) is 0 Å². The van der Waals surface area contributed by atoms with Crippen LogP contribution in [-0.2, 0) is 6.18 Å². The molecule has 6 heteroatoms. The highest BCUT2D eigenvalue weighted by molar-refractivity contribution is 9.10. The lowest BCUT2D eigenvalue weighted by molar-refractivity contribution is -0.137. The van der Waals surface area contributed by atoms with Crippen LogP contribution in [0.3, 0.4) is 0 Å². The molecule has 0 aliphatic carbocycles. The van der Waals surface area contributed by atoms with Gasteiger partial charge in [-0.1, -0.05) is 15.9 Å². The Morgan fingerprint density at radius 2 is 1.90 bits per heavy atom. The minimum atomic E-state index is -4.32. The maximum Gasteiger partial charge on any atom is 0.418 e. The second-order valence-electron chi connectivity index (χ2n) is 5.02. The molecule has 1 aromatic rings. The molecule has 0 saturated carbocycles. The summed E-state index contributed by atoms with van der Waals surface area (Å²) in [5.74, 6) is 0. The SMILES string of the molecule is FC(F)(F)c1ccc(Br)cc1NCCCN1CCCC1. The highest BCUT2D eigenvalue weighted by Crippen LogP contribution is 2.36. The first kappa shape index (κ1) is 15.6. The van der Waals surface area contributed by atoms with Crippen molar-refractivity contribution < 1.29 is 13.2 Å². The first-order valence-corrected chi connectivity index (χ1v) is 7.59. The van der Waals surface area contributed by atoms with Gasteiger partial charge in [0.1, 0.15) is 0 Å². The lowest BCUT2D eigenvalue weighted by Gasteiger charge is -2.17. The third-order valence-electron chi connectivity index (χ3n) is 3.45. The van der Waals surface area contributed by atoms with Crippen LogP contribution in [0.5, 0.6) is 0 Å². The lowest BCUT2D eigenvalue weighted by atomic mass is 10.1.